The Balaban J connectivity index is 2.08. The van der Waals surface area contributed by atoms with Crippen molar-refractivity contribution in [2.24, 2.45) is 0 Å². The number of halogens is 3. The van der Waals surface area contributed by atoms with Gasteiger partial charge >= 0.3 is 0 Å². The lowest BCUT2D eigenvalue weighted by Gasteiger charge is -2.28. The lowest BCUT2D eigenvalue weighted by Crippen LogP contribution is -2.38. The highest BCUT2D eigenvalue weighted by atomic mass is 19.1. The molecule has 1 fully saturated rings. The number of alkyl halides is 1. The number of hydrogen-bond donors (Lipinski definition) is 1. The van der Waals surface area contributed by atoms with Crippen molar-refractivity contribution in [1.29, 1.82) is 0 Å². The molecule has 0 saturated carbocycles. The van der Waals surface area contributed by atoms with Gasteiger partial charge in [-0.2, -0.15) is 0 Å². The standard InChI is InChI=1S/C16H21F3N2O/c1-2-16-15(4-7-21(16)6-3-5-17)20-11-8-13(18)12(10-22)14(19)9-11/h8-10,15-16,20H,2-7H2,1H3/t15-,16?/m0/s1. The second-order valence-corrected chi connectivity index (χ2v) is 5.57. The Labute approximate surface area is 128 Å². The molecule has 0 radical (unpaired) electrons. The van der Waals surface area contributed by atoms with Gasteiger partial charge in [-0.15, -0.1) is 0 Å². The number of likely N-dealkylation sites (tertiary alicyclic amines) is 1. The predicted octanol–water partition coefficient (Wildman–Crippen LogP) is 3.40. The topological polar surface area (TPSA) is 32.3 Å². The zero-order valence-electron chi connectivity index (χ0n) is 12.6. The van der Waals surface area contributed by atoms with Crippen molar-refractivity contribution in [2.75, 3.05) is 25.1 Å². The normalized spacial score (nSPS) is 22.0. The predicted molar refractivity (Wildman–Crippen MR) is 80.0 cm³/mol. The summed E-state index contributed by atoms with van der Waals surface area (Å²) in [6.45, 7) is 3.24. The highest BCUT2D eigenvalue weighted by molar-refractivity contribution is 5.76. The zero-order valence-corrected chi connectivity index (χ0v) is 12.6. The monoisotopic (exact) mass is 314 g/mol. The fraction of sp³-hybridized carbons (Fsp3) is 0.562. The minimum Gasteiger partial charge on any atom is -0.381 e. The SMILES string of the molecule is CCC1[C@@H](Nc2cc(F)c(C=O)c(F)c2)CCN1CCCF. The first-order chi connectivity index (χ1) is 10.6. The summed E-state index contributed by atoms with van der Waals surface area (Å²) < 4.78 is 39.6. The van der Waals surface area contributed by atoms with Gasteiger partial charge in [0.25, 0.3) is 0 Å². The lowest BCUT2D eigenvalue weighted by atomic mass is 10.1. The van der Waals surface area contributed by atoms with Gasteiger partial charge in [0.15, 0.2) is 6.29 Å². The maximum Gasteiger partial charge on any atom is 0.155 e. The number of nitrogens with one attached hydrogen (secondary N) is 1. The van der Waals surface area contributed by atoms with Crippen LogP contribution in [-0.4, -0.2) is 43.0 Å². The fourth-order valence-electron chi connectivity index (χ4n) is 3.16. The summed E-state index contributed by atoms with van der Waals surface area (Å²) in [4.78, 5) is 12.8. The van der Waals surface area contributed by atoms with E-state index in [0.717, 1.165) is 31.5 Å². The number of benzene rings is 1. The van der Waals surface area contributed by atoms with E-state index < -0.39 is 17.2 Å². The molecule has 1 aromatic rings. The van der Waals surface area contributed by atoms with Crippen molar-refractivity contribution in [3.05, 3.63) is 29.3 Å². The van der Waals surface area contributed by atoms with E-state index in [1.165, 1.54) is 0 Å². The van der Waals surface area contributed by atoms with Gasteiger partial charge in [-0.05, 0) is 31.4 Å². The van der Waals surface area contributed by atoms with Crippen molar-refractivity contribution in [3.63, 3.8) is 0 Å². The number of carbonyl (C=O) groups excluding carboxylic acids is 1. The van der Waals surface area contributed by atoms with E-state index >= 15 is 0 Å². The van der Waals surface area contributed by atoms with E-state index in [0.29, 0.717) is 18.7 Å². The largest absolute Gasteiger partial charge is 0.381 e. The fourth-order valence-corrected chi connectivity index (χ4v) is 3.16. The van der Waals surface area contributed by atoms with Crippen LogP contribution in [0.15, 0.2) is 12.1 Å². The lowest BCUT2D eigenvalue weighted by molar-refractivity contribution is 0.111. The first-order valence-electron chi connectivity index (χ1n) is 7.61. The molecule has 6 heteroatoms. The molecule has 1 N–H and O–H groups in total. The number of rotatable bonds is 7. The van der Waals surface area contributed by atoms with Crippen LogP contribution in [0.25, 0.3) is 0 Å². The van der Waals surface area contributed by atoms with E-state index in [1.807, 2.05) is 6.92 Å². The second kappa shape index (κ2) is 7.63. The van der Waals surface area contributed by atoms with Gasteiger partial charge in [-0.1, -0.05) is 6.92 Å². The van der Waals surface area contributed by atoms with Crippen molar-refractivity contribution < 1.29 is 18.0 Å². The quantitative estimate of drug-likeness (QED) is 0.783. The molecule has 122 valence electrons. The van der Waals surface area contributed by atoms with E-state index in [-0.39, 0.29) is 25.0 Å². The van der Waals surface area contributed by atoms with Crippen molar-refractivity contribution in [3.8, 4) is 0 Å². The summed E-state index contributed by atoms with van der Waals surface area (Å²) in [5.41, 5.74) is -0.218. The van der Waals surface area contributed by atoms with Gasteiger partial charge in [0.2, 0.25) is 0 Å². The molecule has 0 amide bonds. The van der Waals surface area contributed by atoms with Gasteiger partial charge in [0.05, 0.1) is 12.2 Å². The van der Waals surface area contributed by atoms with Crippen LogP contribution >= 0.6 is 0 Å². The third-order valence-electron chi connectivity index (χ3n) is 4.21. The number of anilines is 1. The number of hydrogen-bond acceptors (Lipinski definition) is 3. The van der Waals surface area contributed by atoms with Crippen LogP contribution in [0.4, 0.5) is 18.9 Å². The smallest absolute Gasteiger partial charge is 0.155 e. The summed E-state index contributed by atoms with van der Waals surface area (Å²) in [6, 6.07) is 2.56. The molecule has 22 heavy (non-hydrogen) atoms. The van der Waals surface area contributed by atoms with Gasteiger partial charge in [-0.3, -0.25) is 14.1 Å². The molecule has 0 spiro atoms. The molecule has 1 saturated heterocycles. The summed E-state index contributed by atoms with van der Waals surface area (Å²) in [6.07, 6.45) is 2.39. The van der Waals surface area contributed by atoms with Crippen LogP contribution in [-0.2, 0) is 0 Å². The van der Waals surface area contributed by atoms with Crippen LogP contribution in [0.3, 0.4) is 0 Å². The summed E-state index contributed by atoms with van der Waals surface area (Å²) >= 11 is 0. The maximum absolute atomic E-state index is 13.6. The van der Waals surface area contributed by atoms with Crippen LogP contribution in [0.1, 0.15) is 36.5 Å². The second-order valence-electron chi connectivity index (χ2n) is 5.57. The molecule has 2 atom stereocenters. The molecule has 0 bridgehead atoms. The van der Waals surface area contributed by atoms with Gasteiger partial charge in [-0.25, -0.2) is 8.78 Å². The molecule has 1 aliphatic rings. The van der Waals surface area contributed by atoms with Crippen LogP contribution in [0, 0.1) is 11.6 Å². The molecular formula is C16H21F3N2O. The van der Waals surface area contributed by atoms with Crippen LogP contribution in [0.2, 0.25) is 0 Å². The third-order valence-corrected chi connectivity index (χ3v) is 4.21. The van der Waals surface area contributed by atoms with Crippen LogP contribution in [0.5, 0.6) is 0 Å². The summed E-state index contributed by atoms with van der Waals surface area (Å²) in [5.74, 6) is -1.73. The Morgan fingerprint density at radius 3 is 2.59 bits per heavy atom. The van der Waals surface area contributed by atoms with Gasteiger partial charge < -0.3 is 5.32 Å². The van der Waals surface area contributed by atoms with E-state index in [2.05, 4.69) is 10.2 Å². The molecule has 1 unspecified atom stereocenters. The third kappa shape index (κ3) is 3.61. The Hall–Kier alpha value is -1.56. The molecule has 3 nitrogen and oxygen atoms in total. The number of nitrogens with zero attached hydrogens (tertiary/aromatic N) is 1. The van der Waals surface area contributed by atoms with Crippen LogP contribution < -0.4 is 5.32 Å². The van der Waals surface area contributed by atoms with E-state index in [1.54, 1.807) is 0 Å². The molecule has 2 rings (SSSR count). The first kappa shape index (κ1) is 16.8. The van der Waals surface area contributed by atoms with E-state index in [9.17, 15) is 18.0 Å². The highest BCUT2D eigenvalue weighted by Crippen LogP contribution is 2.26. The van der Waals surface area contributed by atoms with Crippen molar-refractivity contribution in [2.45, 2.75) is 38.3 Å². The summed E-state index contributed by atoms with van der Waals surface area (Å²) in [7, 11) is 0. The Morgan fingerprint density at radius 1 is 1.36 bits per heavy atom. The van der Waals surface area contributed by atoms with Crippen molar-refractivity contribution in [1.82, 2.24) is 4.90 Å². The molecule has 1 aromatic carbocycles. The maximum atomic E-state index is 13.6. The first-order valence-corrected chi connectivity index (χ1v) is 7.61. The zero-order chi connectivity index (χ0) is 16.1. The van der Waals surface area contributed by atoms with Gasteiger partial charge in [0.1, 0.15) is 11.6 Å². The molecule has 0 aromatic heterocycles. The summed E-state index contributed by atoms with van der Waals surface area (Å²) in [5, 5.41) is 3.15. The number of aldehydes is 1. The van der Waals surface area contributed by atoms with Gasteiger partial charge in [0, 0.05) is 30.9 Å². The molecule has 1 aliphatic heterocycles. The Kier molecular flexibility index (Phi) is 5.83. The minimum absolute atomic E-state index is 0.0606. The highest BCUT2D eigenvalue weighted by Gasteiger charge is 2.32. The molecule has 1 heterocycles. The average molecular weight is 314 g/mol. The minimum atomic E-state index is -0.863. The Bertz CT molecular complexity index is 501. The van der Waals surface area contributed by atoms with Crippen molar-refractivity contribution >= 4 is 12.0 Å². The average Bonchev–Trinajstić information content (AvgIpc) is 2.86. The molecule has 0 aliphatic carbocycles. The molecular weight excluding hydrogens is 293 g/mol. The van der Waals surface area contributed by atoms with E-state index in [4.69, 9.17) is 0 Å². The number of carbonyl (C=O) groups is 1. The Morgan fingerprint density at radius 2 is 2.05 bits per heavy atom.